The SMILES string of the molecule is CCOc1ccc(C(=O)[C@H](C)OC(=O)c2cccc(N3C(=O)CCC3=O)c2)cc1. The van der Waals surface area contributed by atoms with Gasteiger partial charge in [0.05, 0.1) is 17.9 Å². The second-order valence-electron chi connectivity index (χ2n) is 6.54. The van der Waals surface area contributed by atoms with Crippen LogP contribution in [0.1, 0.15) is 47.4 Å². The fourth-order valence-corrected chi connectivity index (χ4v) is 3.04. The van der Waals surface area contributed by atoms with Crippen LogP contribution in [0.2, 0.25) is 0 Å². The summed E-state index contributed by atoms with van der Waals surface area (Å²) in [4.78, 5) is 49.8. The van der Waals surface area contributed by atoms with Gasteiger partial charge in [-0.2, -0.15) is 0 Å². The summed E-state index contributed by atoms with van der Waals surface area (Å²) in [6.45, 7) is 3.88. The highest BCUT2D eigenvalue weighted by Crippen LogP contribution is 2.24. The molecule has 7 heteroatoms. The Morgan fingerprint density at radius 3 is 2.28 bits per heavy atom. The molecule has 0 radical (unpaired) electrons. The van der Waals surface area contributed by atoms with Gasteiger partial charge in [-0.15, -0.1) is 0 Å². The predicted octanol–water partition coefficient (Wildman–Crippen LogP) is 3.17. The molecule has 7 nitrogen and oxygen atoms in total. The lowest BCUT2D eigenvalue weighted by molar-refractivity contribution is -0.121. The molecule has 1 heterocycles. The number of anilines is 1. The summed E-state index contributed by atoms with van der Waals surface area (Å²) in [6, 6.07) is 12.6. The first-order valence-electron chi connectivity index (χ1n) is 9.34. The first-order valence-corrected chi connectivity index (χ1v) is 9.34. The zero-order chi connectivity index (χ0) is 21.0. The van der Waals surface area contributed by atoms with Crippen molar-refractivity contribution in [3.8, 4) is 5.75 Å². The molecule has 0 aromatic heterocycles. The van der Waals surface area contributed by atoms with E-state index in [9.17, 15) is 19.2 Å². The van der Waals surface area contributed by atoms with Gasteiger partial charge in [-0.1, -0.05) is 6.07 Å². The van der Waals surface area contributed by atoms with Crippen molar-refractivity contribution in [3.63, 3.8) is 0 Å². The zero-order valence-electron chi connectivity index (χ0n) is 16.2. The minimum absolute atomic E-state index is 0.154. The van der Waals surface area contributed by atoms with Crippen LogP contribution < -0.4 is 9.64 Å². The van der Waals surface area contributed by atoms with E-state index in [1.807, 2.05) is 6.92 Å². The molecule has 2 aromatic carbocycles. The molecule has 29 heavy (non-hydrogen) atoms. The molecule has 0 bridgehead atoms. The number of ether oxygens (including phenoxy) is 2. The molecular formula is C22H21NO6. The number of amides is 2. The Labute approximate surface area is 168 Å². The highest BCUT2D eigenvalue weighted by atomic mass is 16.5. The van der Waals surface area contributed by atoms with Crippen molar-refractivity contribution in [2.45, 2.75) is 32.8 Å². The number of carbonyl (C=O) groups is 4. The summed E-state index contributed by atoms with van der Waals surface area (Å²) in [5.74, 6) is -1.02. The maximum absolute atomic E-state index is 12.5. The summed E-state index contributed by atoms with van der Waals surface area (Å²) in [5, 5.41) is 0. The van der Waals surface area contributed by atoms with Gasteiger partial charge in [0.25, 0.3) is 0 Å². The number of ketones is 1. The van der Waals surface area contributed by atoms with E-state index in [0.717, 1.165) is 4.90 Å². The number of hydrogen-bond donors (Lipinski definition) is 0. The van der Waals surface area contributed by atoms with E-state index >= 15 is 0 Å². The second-order valence-corrected chi connectivity index (χ2v) is 6.54. The van der Waals surface area contributed by atoms with Crippen LogP contribution >= 0.6 is 0 Å². The minimum atomic E-state index is -1.00. The van der Waals surface area contributed by atoms with E-state index in [1.165, 1.54) is 19.1 Å². The minimum Gasteiger partial charge on any atom is -0.494 e. The lowest BCUT2D eigenvalue weighted by Gasteiger charge is -2.16. The van der Waals surface area contributed by atoms with Crippen LogP contribution in [-0.4, -0.2) is 36.3 Å². The molecule has 0 unspecified atom stereocenters. The van der Waals surface area contributed by atoms with Crippen molar-refractivity contribution in [3.05, 3.63) is 59.7 Å². The number of nitrogens with zero attached hydrogens (tertiary/aromatic N) is 1. The maximum Gasteiger partial charge on any atom is 0.338 e. The van der Waals surface area contributed by atoms with Crippen LogP contribution in [0.5, 0.6) is 5.75 Å². The Hall–Kier alpha value is -3.48. The molecule has 2 amide bonds. The standard InChI is InChI=1S/C22H21NO6/c1-3-28-18-9-7-15(8-10-18)21(26)14(2)29-22(27)16-5-4-6-17(13-16)23-19(24)11-12-20(23)25/h4-10,13-14H,3,11-12H2,1-2H3/t14-/m0/s1. The van der Waals surface area contributed by atoms with E-state index in [2.05, 4.69) is 0 Å². The third kappa shape index (κ3) is 4.51. The van der Waals surface area contributed by atoms with Crippen LogP contribution in [0.3, 0.4) is 0 Å². The number of hydrogen-bond acceptors (Lipinski definition) is 6. The van der Waals surface area contributed by atoms with Crippen LogP contribution in [0.4, 0.5) is 5.69 Å². The summed E-state index contributed by atoms with van der Waals surface area (Å²) in [6.07, 6.45) is -0.693. The summed E-state index contributed by atoms with van der Waals surface area (Å²) in [5.41, 5.74) is 0.870. The number of imide groups is 1. The second kappa shape index (κ2) is 8.68. The lowest BCUT2D eigenvalue weighted by Crippen LogP contribution is -2.29. The molecule has 2 aromatic rings. The average Bonchev–Trinajstić information content (AvgIpc) is 3.06. The topological polar surface area (TPSA) is 90.0 Å². The van der Waals surface area contributed by atoms with Gasteiger partial charge in [-0.05, 0) is 56.3 Å². The molecule has 1 aliphatic rings. The predicted molar refractivity (Wildman–Crippen MR) is 105 cm³/mol. The molecule has 0 spiro atoms. The number of esters is 1. The van der Waals surface area contributed by atoms with Crippen molar-refractivity contribution < 1.29 is 28.7 Å². The molecule has 0 aliphatic carbocycles. The Balaban J connectivity index is 1.69. The number of Topliss-reactive ketones (excluding diaryl/α,β-unsaturated/α-hetero) is 1. The fourth-order valence-electron chi connectivity index (χ4n) is 3.04. The Morgan fingerprint density at radius 2 is 1.66 bits per heavy atom. The molecule has 1 atom stereocenters. The fraction of sp³-hybridized carbons (Fsp3) is 0.273. The van der Waals surface area contributed by atoms with Crippen LogP contribution in [-0.2, 0) is 14.3 Å². The number of benzene rings is 2. The molecule has 150 valence electrons. The summed E-state index contributed by atoms with van der Waals surface area (Å²) >= 11 is 0. The molecular weight excluding hydrogens is 374 g/mol. The highest BCUT2D eigenvalue weighted by molar-refractivity contribution is 6.20. The van der Waals surface area contributed by atoms with E-state index in [-0.39, 0.29) is 36.0 Å². The van der Waals surface area contributed by atoms with Crippen LogP contribution in [0.15, 0.2) is 48.5 Å². The monoisotopic (exact) mass is 395 g/mol. The van der Waals surface area contributed by atoms with Gasteiger partial charge in [-0.3, -0.25) is 19.3 Å². The third-order valence-corrected chi connectivity index (χ3v) is 4.49. The Morgan fingerprint density at radius 1 is 1.00 bits per heavy atom. The lowest BCUT2D eigenvalue weighted by atomic mass is 10.1. The van der Waals surface area contributed by atoms with Gasteiger partial charge in [0.1, 0.15) is 5.75 Å². The average molecular weight is 395 g/mol. The van der Waals surface area contributed by atoms with Gasteiger partial charge >= 0.3 is 5.97 Å². The van der Waals surface area contributed by atoms with E-state index in [4.69, 9.17) is 9.47 Å². The van der Waals surface area contributed by atoms with E-state index in [0.29, 0.717) is 23.6 Å². The largest absolute Gasteiger partial charge is 0.494 e. The van der Waals surface area contributed by atoms with Gasteiger partial charge in [-0.25, -0.2) is 4.79 Å². The summed E-state index contributed by atoms with van der Waals surface area (Å²) < 4.78 is 10.6. The first-order chi connectivity index (χ1) is 13.9. The smallest absolute Gasteiger partial charge is 0.338 e. The van der Waals surface area contributed by atoms with Gasteiger partial charge in [0.15, 0.2) is 6.10 Å². The maximum atomic E-state index is 12.5. The van der Waals surface area contributed by atoms with Crippen LogP contribution in [0, 0.1) is 0 Å². The number of rotatable bonds is 7. The zero-order valence-corrected chi connectivity index (χ0v) is 16.2. The number of carbonyl (C=O) groups excluding carboxylic acids is 4. The molecule has 3 rings (SSSR count). The van der Waals surface area contributed by atoms with Crippen molar-refractivity contribution >= 4 is 29.3 Å². The van der Waals surface area contributed by atoms with Crippen molar-refractivity contribution in [1.82, 2.24) is 0 Å². The normalized spacial score (nSPS) is 14.6. The highest BCUT2D eigenvalue weighted by Gasteiger charge is 2.31. The molecule has 0 saturated carbocycles. The van der Waals surface area contributed by atoms with E-state index in [1.54, 1.807) is 36.4 Å². The summed E-state index contributed by atoms with van der Waals surface area (Å²) in [7, 11) is 0. The van der Waals surface area contributed by atoms with Crippen molar-refractivity contribution in [1.29, 1.82) is 0 Å². The quantitative estimate of drug-likeness (QED) is 0.406. The third-order valence-electron chi connectivity index (χ3n) is 4.49. The van der Waals surface area contributed by atoms with E-state index < -0.39 is 12.1 Å². The van der Waals surface area contributed by atoms with Crippen molar-refractivity contribution in [2.24, 2.45) is 0 Å². The molecule has 0 N–H and O–H groups in total. The Bertz CT molecular complexity index is 934. The Kier molecular flexibility index (Phi) is 6.07. The molecule has 1 saturated heterocycles. The van der Waals surface area contributed by atoms with Gasteiger partial charge < -0.3 is 9.47 Å². The molecule has 1 aliphatic heterocycles. The van der Waals surface area contributed by atoms with Crippen molar-refractivity contribution in [2.75, 3.05) is 11.5 Å². The molecule has 1 fully saturated rings. The van der Waals surface area contributed by atoms with Crippen LogP contribution in [0.25, 0.3) is 0 Å². The van der Waals surface area contributed by atoms with Gasteiger partial charge in [0, 0.05) is 18.4 Å². The van der Waals surface area contributed by atoms with Gasteiger partial charge in [0.2, 0.25) is 17.6 Å². The first kappa shape index (κ1) is 20.3.